The van der Waals surface area contributed by atoms with Crippen molar-refractivity contribution in [2.24, 2.45) is 0 Å². The molecule has 3 nitrogen and oxygen atoms in total. The van der Waals surface area contributed by atoms with Crippen LogP contribution < -0.4 is 4.74 Å². The molecule has 128 valence electrons. The van der Waals surface area contributed by atoms with E-state index in [-0.39, 0.29) is 29.9 Å². The van der Waals surface area contributed by atoms with Crippen LogP contribution in [0.5, 0.6) is 5.75 Å². The zero-order chi connectivity index (χ0) is 17.7. The van der Waals surface area contributed by atoms with Crippen LogP contribution in [-0.4, -0.2) is 24.5 Å². The summed E-state index contributed by atoms with van der Waals surface area (Å²) in [6.07, 6.45) is 0.136. The van der Waals surface area contributed by atoms with E-state index >= 15 is 0 Å². The molecule has 0 aliphatic rings. The van der Waals surface area contributed by atoms with Crippen LogP contribution >= 0.6 is 0 Å². The predicted molar refractivity (Wildman–Crippen MR) is 84.4 cm³/mol. The van der Waals surface area contributed by atoms with Gasteiger partial charge in [0.15, 0.2) is 0 Å². The van der Waals surface area contributed by atoms with Gasteiger partial charge in [-0.15, -0.1) is 0 Å². The third kappa shape index (κ3) is 4.75. The Hall–Kier alpha value is -2.50. The van der Waals surface area contributed by atoms with Crippen molar-refractivity contribution in [2.75, 3.05) is 7.05 Å². The number of hydrogen-bond acceptors (Lipinski definition) is 2. The Morgan fingerprint density at radius 3 is 2.21 bits per heavy atom. The molecule has 2 aromatic rings. The standard InChI is InChI=1S/C18H18F3NO2/c1-12(14-5-7-15(19)8-6-14)22(2)17(23)11-13-3-9-16(10-4-13)24-18(20)21/h3-10,12,18H,11H2,1-2H3. The van der Waals surface area contributed by atoms with Gasteiger partial charge in [0.05, 0.1) is 12.5 Å². The summed E-state index contributed by atoms with van der Waals surface area (Å²) in [5, 5.41) is 0. The molecule has 2 rings (SSSR count). The third-order valence-corrected chi connectivity index (χ3v) is 3.83. The molecule has 0 saturated carbocycles. The number of likely N-dealkylation sites (N-methyl/N-ethyl adjacent to an activating group) is 1. The number of carbonyl (C=O) groups excluding carboxylic acids is 1. The summed E-state index contributed by atoms with van der Waals surface area (Å²) >= 11 is 0. The van der Waals surface area contributed by atoms with Crippen molar-refractivity contribution in [2.45, 2.75) is 26.0 Å². The quantitative estimate of drug-likeness (QED) is 0.791. The molecule has 0 aliphatic heterocycles. The van der Waals surface area contributed by atoms with Gasteiger partial charge in [-0.1, -0.05) is 24.3 Å². The molecular weight excluding hydrogens is 319 g/mol. The average molecular weight is 337 g/mol. The Kier molecular flexibility index (Phi) is 5.84. The number of benzene rings is 2. The average Bonchev–Trinajstić information content (AvgIpc) is 2.55. The van der Waals surface area contributed by atoms with Crippen molar-refractivity contribution in [1.82, 2.24) is 4.90 Å². The normalized spacial score (nSPS) is 12.1. The van der Waals surface area contributed by atoms with Crippen LogP contribution in [0.2, 0.25) is 0 Å². The van der Waals surface area contributed by atoms with E-state index in [2.05, 4.69) is 4.74 Å². The van der Waals surface area contributed by atoms with Crippen molar-refractivity contribution in [3.8, 4) is 5.75 Å². The molecule has 24 heavy (non-hydrogen) atoms. The fraction of sp³-hybridized carbons (Fsp3) is 0.278. The van der Waals surface area contributed by atoms with Gasteiger partial charge in [-0.25, -0.2) is 4.39 Å². The number of nitrogens with zero attached hydrogens (tertiary/aromatic N) is 1. The summed E-state index contributed by atoms with van der Waals surface area (Å²) in [6.45, 7) is -1.02. The van der Waals surface area contributed by atoms with E-state index in [1.807, 2.05) is 6.92 Å². The Morgan fingerprint density at radius 2 is 1.67 bits per heavy atom. The van der Waals surface area contributed by atoms with Crippen molar-refractivity contribution in [1.29, 1.82) is 0 Å². The summed E-state index contributed by atoms with van der Waals surface area (Å²) in [5.74, 6) is -0.408. The maximum absolute atomic E-state index is 13.0. The van der Waals surface area contributed by atoms with E-state index in [0.717, 1.165) is 5.56 Å². The highest BCUT2D eigenvalue weighted by atomic mass is 19.3. The van der Waals surface area contributed by atoms with Gasteiger partial charge in [0, 0.05) is 7.05 Å². The fourth-order valence-corrected chi connectivity index (χ4v) is 2.27. The molecule has 0 aliphatic carbocycles. The van der Waals surface area contributed by atoms with Gasteiger partial charge in [0.25, 0.3) is 0 Å². The lowest BCUT2D eigenvalue weighted by Crippen LogP contribution is -2.30. The summed E-state index contributed by atoms with van der Waals surface area (Å²) in [4.78, 5) is 13.9. The van der Waals surface area contributed by atoms with Crippen molar-refractivity contribution >= 4 is 5.91 Å². The molecule has 6 heteroatoms. The second-order valence-electron chi connectivity index (χ2n) is 5.43. The van der Waals surface area contributed by atoms with Gasteiger partial charge < -0.3 is 9.64 Å². The number of carbonyl (C=O) groups is 1. The number of ether oxygens (including phenoxy) is 1. The van der Waals surface area contributed by atoms with Gasteiger partial charge in [-0.05, 0) is 42.3 Å². The molecule has 0 heterocycles. The van der Waals surface area contributed by atoms with Gasteiger partial charge in [0.1, 0.15) is 11.6 Å². The van der Waals surface area contributed by atoms with Gasteiger partial charge >= 0.3 is 6.61 Å². The number of halogens is 3. The predicted octanol–water partition coefficient (Wildman–Crippen LogP) is 4.19. The largest absolute Gasteiger partial charge is 0.435 e. The summed E-state index contributed by atoms with van der Waals surface area (Å²) in [5.41, 5.74) is 1.52. The van der Waals surface area contributed by atoms with Crippen LogP contribution in [0.3, 0.4) is 0 Å². The van der Waals surface area contributed by atoms with Gasteiger partial charge in [0.2, 0.25) is 5.91 Å². The second kappa shape index (κ2) is 7.86. The lowest BCUT2D eigenvalue weighted by Gasteiger charge is -2.25. The van der Waals surface area contributed by atoms with E-state index in [9.17, 15) is 18.0 Å². The highest BCUT2D eigenvalue weighted by Gasteiger charge is 2.17. The van der Waals surface area contributed by atoms with Crippen LogP contribution in [0, 0.1) is 5.82 Å². The molecule has 1 unspecified atom stereocenters. The molecule has 0 spiro atoms. The fourth-order valence-electron chi connectivity index (χ4n) is 2.27. The van der Waals surface area contributed by atoms with E-state index in [4.69, 9.17) is 0 Å². The Labute approximate surface area is 138 Å². The van der Waals surface area contributed by atoms with Crippen LogP contribution in [0.4, 0.5) is 13.2 Å². The zero-order valence-electron chi connectivity index (χ0n) is 13.4. The number of amides is 1. The van der Waals surface area contributed by atoms with Crippen LogP contribution in [0.25, 0.3) is 0 Å². The molecule has 1 atom stereocenters. The van der Waals surface area contributed by atoms with Crippen molar-refractivity contribution in [3.63, 3.8) is 0 Å². The minimum absolute atomic E-state index is 0.0502. The van der Waals surface area contributed by atoms with E-state index in [1.54, 1.807) is 36.2 Å². The topological polar surface area (TPSA) is 29.5 Å². The molecule has 0 saturated heterocycles. The lowest BCUT2D eigenvalue weighted by atomic mass is 10.1. The first-order chi connectivity index (χ1) is 11.4. The maximum Gasteiger partial charge on any atom is 0.387 e. The number of alkyl halides is 2. The smallest absolute Gasteiger partial charge is 0.387 e. The van der Waals surface area contributed by atoms with Gasteiger partial charge in [-0.2, -0.15) is 8.78 Å². The highest BCUT2D eigenvalue weighted by Crippen LogP contribution is 2.21. The Bertz CT molecular complexity index is 672. The molecule has 0 fully saturated rings. The summed E-state index contributed by atoms with van der Waals surface area (Å²) in [7, 11) is 1.67. The SMILES string of the molecule is CC(c1ccc(F)cc1)N(C)C(=O)Cc1ccc(OC(F)F)cc1. The first-order valence-electron chi connectivity index (χ1n) is 7.41. The summed E-state index contributed by atoms with van der Waals surface area (Å²) in [6, 6.07) is 11.7. The van der Waals surface area contributed by atoms with E-state index < -0.39 is 6.61 Å². The van der Waals surface area contributed by atoms with E-state index in [1.165, 1.54) is 24.3 Å². The first kappa shape index (κ1) is 17.8. The molecule has 0 bridgehead atoms. The van der Waals surface area contributed by atoms with Crippen LogP contribution in [-0.2, 0) is 11.2 Å². The zero-order valence-corrected chi connectivity index (χ0v) is 13.4. The molecule has 1 amide bonds. The molecular formula is C18H18F3NO2. The van der Waals surface area contributed by atoms with Crippen LogP contribution in [0.15, 0.2) is 48.5 Å². The molecule has 0 radical (unpaired) electrons. The van der Waals surface area contributed by atoms with Crippen molar-refractivity contribution in [3.05, 3.63) is 65.5 Å². The molecule has 2 aromatic carbocycles. The van der Waals surface area contributed by atoms with Gasteiger partial charge in [-0.3, -0.25) is 4.79 Å². The lowest BCUT2D eigenvalue weighted by molar-refractivity contribution is -0.131. The highest BCUT2D eigenvalue weighted by molar-refractivity contribution is 5.79. The number of hydrogen-bond donors (Lipinski definition) is 0. The Balaban J connectivity index is 1.99. The van der Waals surface area contributed by atoms with Crippen molar-refractivity contribution < 1.29 is 22.7 Å². The van der Waals surface area contributed by atoms with Crippen LogP contribution in [0.1, 0.15) is 24.1 Å². The van der Waals surface area contributed by atoms with E-state index in [0.29, 0.717) is 5.56 Å². The molecule has 0 aromatic heterocycles. The first-order valence-corrected chi connectivity index (χ1v) is 7.41. The third-order valence-electron chi connectivity index (χ3n) is 3.83. The Morgan fingerprint density at radius 1 is 1.08 bits per heavy atom. The number of rotatable bonds is 6. The monoisotopic (exact) mass is 337 g/mol. The second-order valence-corrected chi connectivity index (χ2v) is 5.43. The minimum Gasteiger partial charge on any atom is -0.435 e. The molecule has 0 N–H and O–H groups in total. The summed E-state index contributed by atoms with van der Waals surface area (Å²) < 4.78 is 41.5. The maximum atomic E-state index is 13.0. The minimum atomic E-state index is -2.87.